The molecule has 1 heterocycles. The molecule has 1 aromatic rings. The van der Waals surface area contributed by atoms with E-state index in [1.165, 1.54) is 0 Å². The van der Waals surface area contributed by atoms with Crippen LogP contribution in [-0.2, 0) is 6.42 Å². The number of hydrogen-bond donors (Lipinski definition) is 1. The minimum atomic E-state index is 0.554. The molecular formula is C12H20ClN3. The molecule has 0 aliphatic rings. The van der Waals surface area contributed by atoms with Crippen LogP contribution in [0.15, 0.2) is 0 Å². The standard InChI is InChI=1S/C12H20ClN3/c1-5-8(3)7-14-12-9(4)11(13)15-10(6-2)16-12/h8H,5-7H2,1-4H3,(H,14,15,16). The molecule has 0 saturated heterocycles. The summed E-state index contributed by atoms with van der Waals surface area (Å²) in [6.07, 6.45) is 1.96. The first kappa shape index (κ1) is 13.2. The van der Waals surface area contributed by atoms with Gasteiger partial charge >= 0.3 is 0 Å². The monoisotopic (exact) mass is 241 g/mol. The van der Waals surface area contributed by atoms with Gasteiger partial charge in [0.2, 0.25) is 0 Å². The molecule has 0 amide bonds. The third-order valence-electron chi connectivity index (χ3n) is 2.76. The number of nitrogens with one attached hydrogen (secondary N) is 1. The van der Waals surface area contributed by atoms with Crippen LogP contribution < -0.4 is 5.32 Å². The Bertz CT molecular complexity index is 352. The zero-order valence-electron chi connectivity index (χ0n) is 10.5. The summed E-state index contributed by atoms with van der Waals surface area (Å²) >= 11 is 6.06. The molecule has 0 spiro atoms. The van der Waals surface area contributed by atoms with E-state index in [4.69, 9.17) is 11.6 Å². The summed E-state index contributed by atoms with van der Waals surface area (Å²) in [5.41, 5.74) is 0.933. The summed E-state index contributed by atoms with van der Waals surface area (Å²) < 4.78 is 0. The normalized spacial score (nSPS) is 12.6. The number of aryl methyl sites for hydroxylation is 1. The summed E-state index contributed by atoms with van der Waals surface area (Å²) in [5.74, 6) is 2.30. The second-order valence-corrected chi connectivity index (χ2v) is 4.51. The molecule has 1 aromatic heterocycles. The average Bonchev–Trinajstić information content (AvgIpc) is 2.30. The first-order chi connectivity index (χ1) is 7.58. The minimum absolute atomic E-state index is 0.554. The second kappa shape index (κ2) is 6.04. The van der Waals surface area contributed by atoms with Crippen LogP contribution in [-0.4, -0.2) is 16.5 Å². The van der Waals surface area contributed by atoms with Gasteiger partial charge in [0.05, 0.1) is 0 Å². The molecule has 1 unspecified atom stereocenters. The van der Waals surface area contributed by atoms with E-state index in [1.807, 2.05) is 13.8 Å². The quantitative estimate of drug-likeness (QED) is 0.803. The summed E-state index contributed by atoms with van der Waals surface area (Å²) in [6.45, 7) is 9.30. The van der Waals surface area contributed by atoms with Crippen molar-refractivity contribution in [1.82, 2.24) is 9.97 Å². The van der Waals surface area contributed by atoms with Gasteiger partial charge in [-0.25, -0.2) is 9.97 Å². The largest absolute Gasteiger partial charge is 0.369 e. The first-order valence-corrected chi connectivity index (χ1v) is 6.23. The summed E-state index contributed by atoms with van der Waals surface area (Å²) in [6, 6.07) is 0. The Morgan fingerprint density at radius 3 is 2.56 bits per heavy atom. The van der Waals surface area contributed by atoms with Crippen LogP contribution in [0.4, 0.5) is 5.82 Å². The van der Waals surface area contributed by atoms with Crippen LogP contribution >= 0.6 is 11.6 Å². The maximum Gasteiger partial charge on any atom is 0.137 e. The maximum absolute atomic E-state index is 6.06. The van der Waals surface area contributed by atoms with E-state index in [2.05, 4.69) is 29.1 Å². The summed E-state index contributed by atoms with van der Waals surface area (Å²) in [5, 5.41) is 3.90. The fourth-order valence-corrected chi connectivity index (χ4v) is 1.47. The van der Waals surface area contributed by atoms with E-state index in [-0.39, 0.29) is 0 Å². The van der Waals surface area contributed by atoms with Crippen LogP contribution in [0, 0.1) is 12.8 Å². The van der Waals surface area contributed by atoms with E-state index in [9.17, 15) is 0 Å². The highest BCUT2D eigenvalue weighted by molar-refractivity contribution is 6.30. The van der Waals surface area contributed by atoms with Crippen LogP contribution in [0.2, 0.25) is 5.15 Å². The van der Waals surface area contributed by atoms with Crippen molar-refractivity contribution in [2.75, 3.05) is 11.9 Å². The van der Waals surface area contributed by atoms with Crippen molar-refractivity contribution in [3.8, 4) is 0 Å². The fourth-order valence-electron chi connectivity index (χ4n) is 1.28. The summed E-state index contributed by atoms with van der Waals surface area (Å²) in [4.78, 5) is 8.66. The predicted octanol–water partition coefficient (Wildman–Crippen LogP) is 3.46. The van der Waals surface area contributed by atoms with E-state index < -0.39 is 0 Å². The van der Waals surface area contributed by atoms with Crippen molar-refractivity contribution in [2.24, 2.45) is 5.92 Å². The fraction of sp³-hybridized carbons (Fsp3) is 0.667. The lowest BCUT2D eigenvalue weighted by Crippen LogP contribution is -2.13. The zero-order chi connectivity index (χ0) is 12.1. The van der Waals surface area contributed by atoms with Gasteiger partial charge in [0, 0.05) is 18.5 Å². The Morgan fingerprint density at radius 2 is 2.00 bits per heavy atom. The van der Waals surface area contributed by atoms with Crippen LogP contribution in [0.25, 0.3) is 0 Å². The molecule has 0 fully saturated rings. The molecule has 0 radical (unpaired) electrons. The van der Waals surface area contributed by atoms with Gasteiger partial charge in [-0.15, -0.1) is 0 Å². The number of nitrogens with zero attached hydrogens (tertiary/aromatic N) is 2. The molecule has 0 saturated carbocycles. The smallest absolute Gasteiger partial charge is 0.137 e. The van der Waals surface area contributed by atoms with Crippen LogP contribution in [0.1, 0.15) is 38.6 Å². The highest BCUT2D eigenvalue weighted by atomic mass is 35.5. The second-order valence-electron chi connectivity index (χ2n) is 4.15. The lowest BCUT2D eigenvalue weighted by Gasteiger charge is -2.13. The summed E-state index contributed by atoms with van der Waals surface area (Å²) in [7, 11) is 0. The SMILES string of the molecule is CCc1nc(Cl)c(C)c(NCC(C)CC)n1. The molecule has 0 aliphatic heterocycles. The molecule has 0 bridgehead atoms. The number of rotatable bonds is 5. The van der Waals surface area contributed by atoms with Crippen LogP contribution in [0.3, 0.4) is 0 Å². The molecule has 16 heavy (non-hydrogen) atoms. The van der Waals surface area contributed by atoms with Gasteiger partial charge in [-0.3, -0.25) is 0 Å². The highest BCUT2D eigenvalue weighted by Crippen LogP contribution is 2.20. The van der Waals surface area contributed by atoms with Gasteiger partial charge in [0.25, 0.3) is 0 Å². The zero-order valence-corrected chi connectivity index (χ0v) is 11.2. The molecule has 90 valence electrons. The van der Waals surface area contributed by atoms with Gasteiger partial charge in [-0.05, 0) is 12.8 Å². The Balaban J connectivity index is 2.82. The van der Waals surface area contributed by atoms with Gasteiger partial charge < -0.3 is 5.32 Å². The van der Waals surface area contributed by atoms with E-state index in [0.717, 1.165) is 36.6 Å². The average molecular weight is 242 g/mol. The van der Waals surface area contributed by atoms with Crippen LogP contribution in [0.5, 0.6) is 0 Å². The van der Waals surface area contributed by atoms with Crippen molar-refractivity contribution in [2.45, 2.75) is 40.5 Å². The van der Waals surface area contributed by atoms with Crippen molar-refractivity contribution in [3.63, 3.8) is 0 Å². The van der Waals surface area contributed by atoms with E-state index in [0.29, 0.717) is 11.1 Å². The molecule has 1 rings (SSSR count). The third-order valence-corrected chi connectivity index (χ3v) is 3.13. The van der Waals surface area contributed by atoms with Gasteiger partial charge in [-0.1, -0.05) is 38.8 Å². The number of anilines is 1. The number of halogens is 1. The molecular weight excluding hydrogens is 222 g/mol. The third kappa shape index (κ3) is 3.34. The first-order valence-electron chi connectivity index (χ1n) is 5.85. The minimum Gasteiger partial charge on any atom is -0.369 e. The number of aromatic nitrogens is 2. The van der Waals surface area contributed by atoms with Crippen molar-refractivity contribution in [3.05, 3.63) is 16.5 Å². The van der Waals surface area contributed by atoms with E-state index in [1.54, 1.807) is 0 Å². The Labute approximate surface area is 103 Å². The van der Waals surface area contributed by atoms with Crippen molar-refractivity contribution in [1.29, 1.82) is 0 Å². The Kier molecular flexibility index (Phi) is 5.00. The number of hydrogen-bond acceptors (Lipinski definition) is 3. The lowest BCUT2D eigenvalue weighted by molar-refractivity contribution is 0.592. The molecule has 0 aliphatic carbocycles. The molecule has 1 atom stereocenters. The molecule has 0 aromatic carbocycles. The van der Waals surface area contributed by atoms with Gasteiger partial charge in [0.1, 0.15) is 16.8 Å². The van der Waals surface area contributed by atoms with Gasteiger partial charge in [-0.2, -0.15) is 0 Å². The topological polar surface area (TPSA) is 37.8 Å². The van der Waals surface area contributed by atoms with E-state index >= 15 is 0 Å². The maximum atomic E-state index is 6.06. The highest BCUT2D eigenvalue weighted by Gasteiger charge is 2.08. The molecule has 3 nitrogen and oxygen atoms in total. The van der Waals surface area contributed by atoms with Gasteiger partial charge in [0.15, 0.2) is 0 Å². The Morgan fingerprint density at radius 1 is 1.31 bits per heavy atom. The predicted molar refractivity (Wildman–Crippen MR) is 69.1 cm³/mol. The molecule has 4 heteroatoms. The molecule has 1 N–H and O–H groups in total. The lowest BCUT2D eigenvalue weighted by atomic mass is 10.1. The van der Waals surface area contributed by atoms with Crippen molar-refractivity contribution >= 4 is 17.4 Å². The Hall–Kier alpha value is -0.830. The van der Waals surface area contributed by atoms with Crippen molar-refractivity contribution < 1.29 is 0 Å².